The van der Waals surface area contributed by atoms with E-state index in [9.17, 15) is 9.59 Å². The van der Waals surface area contributed by atoms with Gasteiger partial charge in [-0.15, -0.1) is 0 Å². The van der Waals surface area contributed by atoms with Gasteiger partial charge < -0.3 is 19.4 Å². The molecule has 10 nitrogen and oxygen atoms in total. The first-order chi connectivity index (χ1) is 16.3. The second kappa shape index (κ2) is 10.5. The van der Waals surface area contributed by atoms with E-state index in [-0.39, 0.29) is 17.4 Å². The second-order valence-corrected chi connectivity index (χ2v) is 9.30. The number of carbonyl (C=O) groups excluding carboxylic acids is 1. The van der Waals surface area contributed by atoms with E-state index >= 15 is 0 Å². The Bertz CT molecular complexity index is 1070. The fourth-order valence-corrected chi connectivity index (χ4v) is 4.38. The molecule has 2 aliphatic heterocycles. The van der Waals surface area contributed by atoms with Crippen LogP contribution in [0.2, 0.25) is 0 Å². The third kappa shape index (κ3) is 5.55. The zero-order valence-electron chi connectivity index (χ0n) is 20.6. The van der Waals surface area contributed by atoms with Gasteiger partial charge in [0, 0.05) is 74.6 Å². The van der Waals surface area contributed by atoms with Gasteiger partial charge in [-0.3, -0.25) is 14.6 Å². The van der Waals surface area contributed by atoms with E-state index in [1.165, 1.54) is 0 Å². The van der Waals surface area contributed by atoms with Crippen LogP contribution in [0.3, 0.4) is 0 Å². The molecular weight excluding hydrogens is 434 g/mol. The molecule has 2 aromatic rings. The standard InChI is InChI=1S/C24H35N7O3/c1-16(2)22-25-17(3)15-20(27-22)29-7-9-30(10-8-29)21(32)6-5-19-18(4)26-24(28-23(19)33)31-11-13-34-14-12-31/h15-16H,5-14H2,1-4H3,(H,26,28,33). The van der Waals surface area contributed by atoms with Crippen LogP contribution in [0.5, 0.6) is 0 Å². The predicted octanol–water partition coefficient (Wildman–Crippen LogP) is 1.42. The van der Waals surface area contributed by atoms with Crippen LogP contribution in [-0.4, -0.2) is 83.2 Å². The summed E-state index contributed by atoms with van der Waals surface area (Å²) >= 11 is 0. The Labute approximate surface area is 200 Å². The number of piperazine rings is 1. The maximum atomic E-state index is 12.9. The highest BCUT2D eigenvalue weighted by Gasteiger charge is 2.23. The Kier molecular flexibility index (Phi) is 7.45. The largest absolute Gasteiger partial charge is 0.378 e. The molecule has 0 spiro atoms. The molecule has 0 aliphatic carbocycles. The van der Waals surface area contributed by atoms with Crippen molar-refractivity contribution < 1.29 is 9.53 Å². The molecule has 0 unspecified atom stereocenters. The first kappa shape index (κ1) is 24.1. The van der Waals surface area contributed by atoms with Crippen LogP contribution in [0.4, 0.5) is 11.8 Å². The number of hydrogen-bond donors (Lipinski definition) is 1. The Morgan fingerprint density at radius 3 is 2.38 bits per heavy atom. The minimum absolute atomic E-state index is 0.0671. The molecular formula is C24H35N7O3. The van der Waals surface area contributed by atoms with Gasteiger partial charge in [0.25, 0.3) is 5.56 Å². The lowest BCUT2D eigenvalue weighted by atomic mass is 10.1. The number of aryl methyl sites for hydroxylation is 2. The van der Waals surface area contributed by atoms with E-state index in [2.05, 4.69) is 33.7 Å². The van der Waals surface area contributed by atoms with Gasteiger partial charge in [0.05, 0.1) is 13.2 Å². The third-order valence-electron chi connectivity index (χ3n) is 6.44. The van der Waals surface area contributed by atoms with Gasteiger partial charge >= 0.3 is 0 Å². The molecule has 0 bridgehead atoms. The highest BCUT2D eigenvalue weighted by Crippen LogP contribution is 2.19. The zero-order valence-corrected chi connectivity index (χ0v) is 20.6. The number of carbonyl (C=O) groups is 1. The first-order valence-corrected chi connectivity index (χ1v) is 12.1. The molecule has 2 aromatic heterocycles. The average molecular weight is 470 g/mol. The van der Waals surface area contributed by atoms with E-state index in [0.29, 0.717) is 69.4 Å². The van der Waals surface area contributed by atoms with Crippen LogP contribution in [0, 0.1) is 13.8 Å². The van der Waals surface area contributed by atoms with Crippen molar-refractivity contribution in [2.24, 2.45) is 0 Å². The minimum atomic E-state index is -0.160. The number of nitrogens with zero attached hydrogens (tertiary/aromatic N) is 6. The molecule has 0 aromatic carbocycles. The minimum Gasteiger partial charge on any atom is -0.378 e. The Hall–Kier alpha value is -3.01. The van der Waals surface area contributed by atoms with Crippen molar-refractivity contribution >= 4 is 17.7 Å². The molecule has 0 radical (unpaired) electrons. The van der Waals surface area contributed by atoms with E-state index in [4.69, 9.17) is 9.72 Å². The number of rotatable bonds is 6. The summed E-state index contributed by atoms with van der Waals surface area (Å²) < 4.78 is 5.37. The molecule has 2 saturated heterocycles. The van der Waals surface area contributed by atoms with Gasteiger partial charge in [0.15, 0.2) is 0 Å². The number of aromatic nitrogens is 4. The van der Waals surface area contributed by atoms with E-state index in [0.717, 1.165) is 30.4 Å². The molecule has 34 heavy (non-hydrogen) atoms. The van der Waals surface area contributed by atoms with E-state index in [1.54, 1.807) is 0 Å². The normalized spacial score (nSPS) is 16.9. The van der Waals surface area contributed by atoms with Crippen LogP contribution >= 0.6 is 0 Å². The highest BCUT2D eigenvalue weighted by atomic mass is 16.5. The quantitative estimate of drug-likeness (QED) is 0.677. The summed E-state index contributed by atoms with van der Waals surface area (Å²) in [5.41, 5.74) is 2.07. The number of anilines is 2. The van der Waals surface area contributed by atoms with Crippen molar-refractivity contribution in [3.05, 3.63) is 39.2 Å². The van der Waals surface area contributed by atoms with Gasteiger partial charge in [-0.2, -0.15) is 0 Å². The topological polar surface area (TPSA) is 108 Å². The van der Waals surface area contributed by atoms with Crippen molar-refractivity contribution in [1.29, 1.82) is 0 Å². The molecule has 1 N–H and O–H groups in total. The molecule has 2 aliphatic rings. The lowest BCUT2D eigenvalue weighted by Gasteiger charge is -2.35. The molecule has 184 valence electrons. The Balaban J connectivity index is 1.33. The molecule has 4 rings (SSSR count). The number of aromatic amines is 1. The lowest BCUT2D eigenvalue weighted by molar-refractivity contribution is -0.131. The fraction of sp³-hybridized carbons (Fsp3) is 0.625. The van der Waals surface area contributed by atoms with E-state index < -0.39 is 0 Å². The Morgan fingerprint density at radius 2 is 1.74 bits per heavy atom. The summed E-state index contributed by atoms with van der Waals surface area (Å²) in [7, 11) is 0. The molecule has 4 heterocycles. The molecule has 10 heteroatoms. The lowest BCUT2D eigenvalue weighted by Crippen LogP contribution is -2.49. The van der Waals surface area contributed by atoms with Crippen LogP contribution in [0.15, 0.2) is 10.9 Å². The smallest absolute Gasteiger partial charge is 0.255 e. The van der Waals surface area contributed by atoms with Crippen LogP contribution in [0.25, 0.3) is 0 Å². The van der Waals surface area contributed by atoms with Gasteiger partial charge in [-0.25, -0.2) is 15.0 Å². The van der Waals surface area contributed by atoms with Crippen molar-refractivity contribution in [2.75, 3.05) is 62.3 Å². The summed E-state index contributed by atoms with van der Waals surface area (Å²) in [6.45, 7) is 13.4. The van der Waals surface area contributed by atoms with Crippen LogP contribution in [0.1, 0.15) is 49.0 Å². The molecule has 0 atom stereocenters. The average Bonchev–Trinajstić information content (AvgIpc) is 2.83. The van der Waals surface area contributed by atoms with Gasteiger partial charge in [-0.05, 0) is 20.3 Å². The highest BCUT2D eigenvalue weighted by molar-refractivity contribution is 5.76. The maximum absolute atomic E-state index is 12.9. The summed E-state index contributed by atoms with van der Waals surface area (Å²) in [5, 5.41) is 0. The maximum Gasteiger partial charge on any atom is 0.255 e. The number of ether oxygens (including phenoxy) is 1. The van der Waals surface area contributed by atoms with Crippen molar-refractivity contribution in [1.82, 2.24) is 24.8 Å². The SMILES string of the molecule is Cc1cc(N2CCN(C(=O)CCc3c(C)nc(N4CCOCC4)[nH]c3=O)CC2)nc(C(C)C)n1. The van der Waals surface area contributed by atoms with Crippen molar-refractivity contribution in [3.8, 4) is 0 Å². The number of hydrogen-bond acceptors (Lipinski definition) is 8. The predicted molar refractivity (Wildman–Crippen MR) is 131 cm³/mol. The summed E-state index contributed by atoms with van der Waals surface area (Å²) in [4.78, 5) is 48.4. The third-order valence-corrected chi connectivity index (χ3v) is 6.44. The van der Waals surface area contributed by atoms with Gasteiger partial charge in [-0.1, -0.05) is 13.8 Å². The zero-order chi connectivity index (χ0) is 24.2. The van der Waals surface area contributed by atoms with Gasteiger partial charge in [0.2, 0.25) is 11.9 Å². The molecule has 0 saturated carbocycles. The van der Waals surface area contributed by atoms with Crippen molar-refractivity contribution in [3.63, 3.8) is 0 Å². The van der Waals surface area contributed by atoms with Crippen LogP contribution in [-0.2, 0) is 16.0 Å². The number of amides is 1. The number of morpholine rings is 1. The monoisotopic (exact) mass is 469 g/mol. The van der Waals surface area contributed by atoms with Crippen molar-refractivity contribution in [2.45, 2.75) is 46.5 Å². The fourth-order valence-electron chi connectivity index (χ4n) is 4.38. The second-order valence-electron chi connectivity index (χ2n) is 9.30. The Morgan fingerprint density at radius 1 is 1.03 bits per heavy atom. The number of H-pyrrole nitrogens is 1. The first-order valence-electron chi connectivity index (χ1n) is 12.1. The number of nitrogens with one attached hydrogen (secondary N) is 1. The van der Waals surface area contributed by atoms with Gasteiger partial charge in [0.1, 0.15) is 11.6 Å². The van der Waals surface area contributed by atoms with Crippen LogP contribution < -0.4 is 15.4 Å². The van der Waals surface area contributed by atoms with E-state index in [1.807, 2.05) is 29.7 Å². The summed E-state index contributed by atoms with van der Waals surface area (Å²) in [6, 6.07) is 2.01. The summed E-state index contributed by atoms with van der Waals surface area (Å²) in [5.74, 6) is 2.69. The molecule has 2 fully saturated rings. The molecule has 1 amide bonds. The summed E-state index contributed by atoms with van der Waals surface area (Å²) in [6.07, 6.45) is 0.687.